The van der Waals surface area contributed by atoms with Crippen LogP contribution in [0, 0.1) is 0 Å². The first-order chi connectivity index (χ1) is 7.81. The first kappa shape index (κ1) is 12.0. The summed E-state index contributed by atoms with van der Waals surface area (Å²) in [6.45, 7) is 0.621. The normalized spacial score (nSPS) is 12.6. The lowest BCUT2D eigenvalue weighted by atomic mass is 10.3. The first-order valence-corrected chi connectivity index (χ1v) is 7.09. The topological polar surface area (TPSA) is 26.0 Å². The average Bonchev–Trinajstić information content (AvgIpc) is 2.81. The van der Waals surface area contributed by atoms with E-state index < -0.39 is 0 Å². The Balaban J connectivity index is 2.17. The quantitative estimate of drug-likeness (QED) is 0.842. The summed E-state index contributed by atoms with van der Waals surface area (Å²) in [6.07, 6.45) is 0. The maximum atomic E-state index is 6.13. The van der Waals surface area contributed by atoms with Gasteiger partial charge in [0.1, 0.15) is 0 Å². The van der Waals surface area contributed by atoms with Gasteiger partial charge in [-0.25, -0.2) is 0 Å². The summed E-state index contributed by atoms with van der Waals surface area (Å²) in [5.74, 6) is 0. The van der Waals surface area contributed by atoms with Gasteiger partial charge in [-0.2, -0.15) is 0 Å². The SMILES string of the molecule is NCC(Sc1ccccc1Cl)c1cccs1. The zero-order chi connectivity index (χ0) is 11.4. The summed E-state index contributed by atoms with van der Waals surface area (Å²) in [5.41, 5.74) is 5.80. The number of rotatable bonds is 4. The second-order valence-corrected chi connectivity index (χ2v) is 5.92. The molecule has 0 amide bonds. The fourth-order valence-corrected chi connectivity index (χ4v) is 3.63. The Morgan fingerprint density at radius 3 is 2.69 bits per heavy atom. The molecule has 0 spiro atoms. The van der Waals surface area contributed by atoms with E-state index in [1.54, 1.807) is 23.1 Å². The van der Waals surface area contributed by atoms with Gasteiger partial charge in [0.2, 0.25) is 0 Å². The molecule has 2 N–H and O–H groups in total. The van der Waals surface area contributed by atoms with E-state index in [0.29, 0.717) is 11.8 Å². The van der Waals surface area contributed by atoms with E-state index in [1.807, 2.05) is 24.3 Å². The molecular formula is C12H12ClNS2. The summed E-state index contributed by atoms with van der Waals surface area (Å²) in [6, 6.07) is 12.0. The first-order valence-electron chi connectivity index (χ1n) is 4.96. The molecule has 16 heavy (non-hydrogen) atoms. The second kappa shape index (κ2) is 5.73. The summed E-state index contributed by atoms with van der Waals surface area (Å²) < 4.78 is 0. The van der Waals surface area contributed by atoms with Crippen LogP contribution in [0.3, 0.4) is 0 Å². The van der Waals surface area contributed by atoms with Crippen LogP contribution in [0.25, 0.3) is 0 Å². The maximum absolute atomic E-state index is 6.13. The minimum absolute atomic E-state index is 0.292. The largest absolute Gasteiger partial charge is 0.329 e. The van der Waals surface area contributed by atoms with E-state index >= 15 is 0 Å². The van der Waals surface area contributed by atoms with Crippen molar-refractivity contribution < 1.29 is 0 Å². The fraction of sp³-hybridized carbons (Fsp3) is 0.167. The third kappa shape index (κ3) is 2.80. The third-order valence-corrected chi connectivity index (χ3v) is 5.10. The lowest BCUT2D eigenvalue weighted by molar-refractivity contribution is 0.960. The van der Waals surface area contributed by atoms with Gasteiger partial charge in [-0.3, -0.25) is 0 Å². The molecule has 0 aliphatic carbocycles. The van der Waals surface area contributed by atoms with E-state index in [4.69, 9.17) is 17.3 Å². The molecule has 0 bridgehead atoms. The van der Waals surface area contributed by atoms with E-state index in [1.165, 1.54) is 4.88 Å². The molecule has 0 aliphatic heterocycles. The van der Waals surface area contributed by atoms with Crippen LogP contribution in [-0.4, -0.2) is 6.54 Å². The zero-order valence-corrected chi connectivity index (χ0v) is 11.0. The lowest BCUT2D eigenvalue weighted by Gasteiger charge is -2.13. The van der Waals surface area contributed by atoms with Crippen LogP contribution in [0.4, 0.5) is 0 Å². The molecule has 1 nitrogen and oxygen atoms in total. The highest BCUT2D eigenvalue weighted by atomic mass is 35.5. The number of hydrogen-bond acceptors (Lipinski definition) is 3. The molecular weight excluding hydrogens is 258 g/mol. The highest BCUT2D eigenvalue weighted by Crippen LogP contribution is 2.39. The molecule has 1 atom stereocenters. The standard InChI is InChI=1S/C12H12ClNS2/c13-9-4-1-2-5-10(9)16-12(8-14)11-6-3-7-15-11/h1-7,12H,8,14H2. The fourth-order valence-electron chi connectivity index (χ4n) is 1.39. The predicted molar refractivity (Wildman–Crippen MR) is 73.4 cm³/mol. The molecule has 2 rings (SSSR count). The Labute approximate surface area is 109 Å². The summed E-state index contributed by atoms with van der Waals surface area (Å²) in [4.78, 5) is 2.39. The molecule has 1 aromatic heterocycles. The predicted octanol–water partition coefficient (Wildman–Crippen LogP) is 4.19. The number of thiophene rings is 1. The van der Waals surface area contributed by atoms with E-state index in [2.05, 4.69) is 17.5 Å². The van der Waals surface area contributed by atoms with E-state index in [0.717, 1.165) is 9.92 Å². The zero-order valence-electron chi connectivity index (χ0n) is 8.60. The minimum atomic E-state index is 0.292. The molecule has 0 aliphatic rings. The number of thioether (sulfide) groups is 1. The van der Waals surface area contributed by atoms with Crippen molar-refractivity contribution in [2.75, 3.05) is 6.54 Å². The Hall–Kier alpha value is -0.480. The van der Waals surface area contributed by atoms with Gasteiger partial charge in [-0.1, -0.05) is 29.8 Å². The Morgan fingerprint density at radius 2 is 2.06 bits per heavy atom. The molecule has 1 heterocycles. The van der Waals surface area contributed by atoms with Crippen LogP contribution < -0.4 is 5.73 Å². The van der Waals surface area contributed by atoms with Gasteiger partial charge >= 0.3 is 0 Å². The van der Waals surface area contributed by atoms with Crippen molar-refractivity contribution in [3.05, 3.63) is 51.7 Å². The monoisotopic (exact) mass is 269 g/mol. The summed E-state index contributed by atoms with van der Waals surface area (Å²) in [5, 5.41) is 3.16. The summed E-state index contributed by atoms with van der Waals surface area (Å²) >= 11 is 9.59. The lowest BCUT2D eigenvalue weighted by Crippen LogP contribution is -2.07. The molecule has 0 saturated carbocycles. The van der Waals surface area contributed by atoms with Crippen molar-refractivity contribution >= 4 is 34.7 Å². The van der Waals surface area contributed by atoms with Gasteiger partial charge < -0.3 is 5.73 Å². The molecule has 0 saturated heterocycles. The van der Waals surface area contributed by atoms with Crippen LogP contribution >= 0.6 is 34.7 Å². The van der Waals surface area contributed by atoms with Crippen molar-refractivity contribution in [3.63, 3.8) is 0 Å². The molecule has 2 aromatic rings. The summed E-state index contributed by atoms with van der Waals surface area (Å²) in [7, 11) is 0. The van der Waals surface area contributed by atoms with Crippen molar-refractivity contribution in [1.82, 2.24) is 0 Å². The van der Waals surface area contributed by atoms with Crippen LogP contribution in [-0.2, 0) is 0 Å². The number of halogens is 1. The van der Waals surface area contributed by atoms with Crippen LogP contribution in [0.15, 0.2) is 46.7 Å². The number of nitrogens with two attached hydrogens (primary N) is 1. The average molecular weight is 270 g/mol. The van der Waals surface area contributed by atoms with Gasteiger partial charge in [-0.15, -0.1) is 23.1 Å². The minimum Gasteiger partial charge on any atom is -0.329 e. The third-order valence-electron chi connectivity index (χ3n) is 2.18. The molecule has 0 fully saturated rings. The molecule has 1 unspecified atom stereocenters. The highest BCUT2D eigenvalue weighted by molar-refractivity contribution is 7.99. The van der Waals surface area contributed by atoms with Gasteiger partial charge in [0.25, 0.3) is 0 Å². The van der Waals surface area contributed by atoms with E-state index in [9.17, 15) is 0 Å². The number of hydrogen-bond donors (Lipinski definition) is 1. The Bertz CT molecular complexity index is 442. The van der Waals surface area contributed by atoms with Gasteiger partial charge in [0, 0.05) is 16.3 Å². The van der Waals surface area contributed by atoms with Crippen LogP contribution in [0.5, 0.6) is 0 Å². The molecule has 1 aromatic carbocycles. The highest BCUT2D eigenvalue weighted by Gasteiger charge is 2.13. The smallest absolute Gasteiger partial charge is 0.0561 e. The van der Waals surface area contributed by atoms with Crippen molar-refractivity contribution in [2.45, 2.75) is 10.1 Å². The molecule has 0 radical (unpaired) electrons. The number of benzene rings is 1. The van der Waals surface area contributed by atoms with E-state index in [-0.39, 0.29) is 0 Å². The van der Waals surface area contributed by atoms with Crippen molar-refractivity contribution in [2.24, 2.45) is 5.73 Å². The van der Waals surface area contributed by atoms with Gasteiger partial charge in [0.15, 0.2) is 0 Å². The Morgan fingerprint density at radius 1 is 1.25 bits per heavy atom. The van der Waals surface area contributed by atoms with Crippen molar-refractivity contribution in [3.8, 4) is 0 Å². The van der Waals surface area contributed by atoms with Crippen LogP contribution in [0.2, 0.25) is 5.02 Å². The maximum Gasteiger partial charge on any atom is 0.0561 e. The van der Waals surface area contributed by atoms with Gasteiger partial charge in [0.05, 0.1) is 10.3 Å². The molecule has 84 valence electrons. The second-order valence-electron chi connectivity index (χ2n) is 3.29. The van der Waals surface area contributed by atoms with Crippen LogP contribution in [0.1, 0.15) is 10.1 Å². The van der Waals surface area contributed by atoms with Gasteiger partial charge in [-0.05, 0) is 23.6 Å². The molecule has 4 heteroatoms. The van der Waals surface area contributed by atoms with Crippen molar-refractivity contribution in [1.29, 1.82) is 0 Å². The Kier molecular flexibility index (Phi) is 4.29.